The van der Waals surface area contributed by atoms with Gasteiger partial charge in [-0.1, -0.05) is 18.2 Å². The number of carbonyl (C=O) groups excluding carboxylic acids is 2. The van der Waals surface area contributed by atoms with Crippen molar-refractivity contribution < 1.29 is 14.3 Å². The number of rotatable bonds is 6. The molecule has 3 rings (SSSR count). The van der Waals surface area contributed by atoms with Crippen LogP contribution in [0.25, 0.3) is 0 Å². The van der Waals surface area contributed by atoms with Crippen molar-refractivity contribution in [2.45, 2.75) is 26.2 Å². The van der Waals surface area contributed by atoms with Gasteiger partial charge in [-0.05, 0) is 55.5 Å². The summed E-state index contributed by atoms with van der Waals surface area (Å²) in [6.45, 7) is 4.72. The van der Waals surface area contributed by atoms with Gasteiger partial charge in [0.2, 0.25) is 0 Å². The van der Waals surface area contributed by atoms with Crippen molar-refractivity contribution in [1.82, 2.24) is 5.32 Å². The second kappa shape index (κ2) is 9.26. The van der Waals surface area contributed by atoms with E-state index in [2.05, 4.69) is 40.7 Å². The first-order valence-corrected chi connectivity index (χ1v) is 9.70. The second-order valence-corrected chi connectivity index (χ2v) is 6.84. The molecule has 1 heterocycles. The molecule has 2 aromatic rings. The molecule has 0 saturated carbocycles. The summed E-state index contributed by atoms with van der Waals surface area (Å²) in [7, 11) is 1.55. The minimum Gasteiger partial charge on any atom is -0.497 e. The van der Waals surface area contributed by atoms with Gasteiger partial charge in [-0.15, -0.1) is 0 Å². The summed E-state index contributed by atoms with van der Waals surface area (Å²) in [6, 6.07) is 13.4. The first kappa shape index (κ1) is 19.7. The van der Waals surface area contributed by atoms with Gasteiger partial charge in [-0.25, -0.2) is 0 Å². The molecule has 0 aliphatic carbocycles. The monoisotopic (exact) mass is 381 g/mol. The third kappa shape index (κ3) is 4.82. The number of aryl methyl sites for hydroxylation is 1. The van der Waals surface area contributed by atoms with Crippen LogP contribution in [0.4, 0.5) is 11.4 Å². The lowest BCUT2D eigenvalue weighted by molar-refractivity contribution is -0.136. The van der Waals surface area contributed by atoms with Crippen molar-refractivity contribution in [1.29, 1.82) is 0 Å². The van der Waals surface area contributed by atoms with E-state index >= 15 is 0 Å². The van der Waals surface area contributed by atoms with E-state index in [9.17, 15) is 9.59 Å². The van der Waals surface area contributed by atoms with E-state index < -0.39 is 11.8 Å². The molecule has 0 bridgehead atoms. The summed E-state index contributed by atoms with van der Waals surface area (Å²) < 4.78 is 5.11. The Labute approximate surface area is 165 Å². The summed E-state index contributed by atoms with van der Waals surface area (Å²) in [6.07, 6.45) is 2.96. The van der Waals surface area contributed by atoms with Crippen molar-refractivity contribution in [3.63, 3.8) is 0 Å². The van der Waals surface area contributed by atoms with Gasteiger partial charge in [0.15, 0.2) is 0 Å². The van der Waals surface area contributed by atoms with Gasteiger partial charge in [0, 0.05) is 37.1 Å². The standard InChI is InChI=1S/C22H27N3O3/c1-3-25-13-5-6-17-14-16(9-10-20(17)25)11-12-23-21(26)22(27)24-18-7-4-8-19(15-18)28-2/h4,7-10,14-15H,3,5-6,11-13H2,1-2H3,(H,23,26)(H,24,27). The van der Waals surface area contributed by atoms with E-state index in [1.54, 1.807) is 31.4 Å². The van der Waals surface area contributed by atoms with E-state index in [0.717, 1.165) is 19.5 Å². The van der Waals surface area contributed by atoms with Crippen LogP contribution < -0.4 is 20.3 Å². The molecule has 6 heteroatoms. The zero-order valence-electron chi connectivity index (χ0n) is 16.5. The van der Waals surface area contributed by atoms with Gasteiger partial charge in [-0.3, -0.25) is 9.59 Å². The van der Waals surface area contributed by atoms with Crippen LogP contribution in [0.5, 0.6) is 5.75 Å². The van der Waals surface area contributed by atoms with Crippen LogP contribution in [0.3, 0.4) is 0 Å². The van der Waals surface area contributed by atoms with Crippen LogP contribution in [0.15, 0.2) is 42.5 Å². The molecule has 0 atom stereocenters. The highest BCUT2D eigenvalue weighted by Gasteiger charge is 2.16. The first-order chi connectivity index (χ1) is 13.6. The molecule has 0 unspecified atom stereocenters. The van der Waals surface area contributed by atoms with E-state index in [1.165, 1.54) is 23.2 Å². The Balaban J connectivity index is 1.50. The number of methoxy groups -OCH3 is 1. The molecule has 0 saturated heterocycles. The number of ether oxygens (including phenoxy) is 1. The fourth-order valence-electron chi connectivity index (χ4n) is 3.50. The maximum atomic E-state index is 12.0. The smallest absolute Gasteiger partial charge is 0.313 e. The van der Waals surface area contributed by atoms with Gasteiger partial charge in [0.05, 0.1) is 7.11 Å². The molecule has 0 aromatic heterocycles. The van der Waals surface area contributed by atoms with Crippen molar-refractivity contribution in [3.8, 4) is 5.75 Å². The summed E-state index contributed by atoms with van der Waals surface area (Å²) >= 11 is 0. The van der Waals surface area contributed by atoms with E-state index in [4.69, 9.17) is 4.74 Å². The summed E-state index contributed by atoms with van der Waals surface area (Å²) in [5, 5.41) is 5.27. The fraction of sp³-hybridized carbons (Fsp3) is 0.364. The second-order valence-electron chi connectivity index (χ2n) is 6.84. The van der Waals surface area contributed by atoms with Crippen molar-refractivity contribution in [2.75, 3.05) is 37.0 Å². The highest BCUT2D eigenvalue weighted by atomic mass is 16.5. The van der Waals surface area contributed by atoms with Crippen molar-refractivity contribution in [3.05, 3.63) is 53.6 Å². The van der Waals surface area contributed by atoms with E-state index in [1.807, 2.05) is 0 Å². The van der Waals surface area contributed by atoms with Gasteiger partial charge in [0.1, 0.15) is 5.75 Å². The Morgan fingerprint density at radius 3 is 2.79 bits per heavy atom. The Morgan fingerprint density at radius 1 is 1.14 bits per heavy atom. The molecule has 6 nitrogen and oxygen atoms in total. The number of benzene rings is 2. The first-order valence-electron chi connectivity index (χ1n) is 9.70. The predicted octanol–water partition coefficient (Wildman–Crippen LogP) is 2.77. The van der Waals surface area contributed by atoms with Crippen molar-refractivity contribution in [2.24, 2.45) is 0 Å². The largest absolute Gasteiger partial charge is 0.497 e. The normalized spacial score (nSPS) is 12.9. The van der Waals surface area contributed by atoms with Crippen LogP contribution in [-0.2, 0) is 22.4 Å². The lowest BCUT2D eigenvalue weighted by Crippen LogP contribution is -2.36. The molecule has 2 N–H and O–H groups in total. The summed E-state index contributed by atoms with van der Waals surface area (Å²) in [5.41, 5.74) is 4.38. The van der Waals surface area contributed by atoms with Crippen LogP contribution in [0, 0.1) is 0 Å². The average molecular weight is 381 g/mol. The lowest BCUT2D eigenvalue weighted by Gasteiger charge is -2.30. The maximum absolute atomic E-state index is 12.0. The molecular formula is C22H27N3O3. The van der Waals surface area contributed by atoms with Gasteiger partial charge < -0.3 is 20.3 Å². The molecule has 28 heavy (non-hydrogen) atoms. The van der Waals surface area contributed by atoms with Crippen LogP contribution in [-0.4, -0.2) is 38.6 Å². The zero-order chi connectivity index (χ0) is 19.9. The van der Waals surface area contributed by atoms with E-state index in [0.29, 0.717) is 24.4 Å². The molecule has 0 spiro atoms. The third-order valence-electron chi connectivity index (χ3n) is 4.97. The number of nitrogens with zero attached hydrogens (tertiary/aromatic N) is 1. The van der Waals surface area contributed by atoms with Crippen LogP contribution >= 0.6 is 0 Å². The van der Waals surface area contributed by atoms with Crippen LogP contribution in [0.1, 0.15) is 24.5 Å². The molecular weight excluding hydrogens is 354 g/mol. The average Bonchev–Trinajstić information content (AvgIpc) is 2.73. The zero-order valence-corrected chi connectivity index (χ0v) is 16.5. The number of nitrogens with one attached hydrogen (secondary N) is 2. The molecule has 0 fully saturated rings. The number of anilines is 2. The number of hydrogen-bond donors (Lipinski definition) is 2. The number of carbonyl (C=O) groups is 2. The number of amides is 2. The van der Waals surface area contributed by atoms with Gasteiger partial charge in [0.25, 0.3) is 0 Å². The van der Waals surface area contributed by atoms with Gasteiger partial charge >= 0.3 is 11.8 Å². The highest BCUT2D eigenvalue weighted by molar-refractivity contribution is 6.39. The molecule has 1 aliphatic heterocycles. The lowest BCUT2D eigenvalue weighted by atomic mass is 9.98. The Morgan fingerprint density at radius 2 is 2.00 bits per heavy atom. The molecule has 2 amide bonds. The minimum atomic E-state index is -0.683. The molecule has 1 aliphatic rings. The fourth-order valence-corrected chi connectivity index (χ4v) is 3.50. The third-order valence-corrected chi connectivity index (χ3v) is 4.97. The topological polar surface area (TPSA) is 70.7 Å². The number of hydrogen-bond acceptors (Lipinski definition) is 4. The maximum Gasteiger partial charge on any atom is 0.313 e. The van der Waals surface area contributed by atoms with Gasteiger partial charge in [-0.2, -0.15) is 0 Å². The SMILES string of the molecule is CCN1CCCc2cc(CCNC(=O)C(=O)Nc3cccc(OC)c3)ccc21. The molecule has 2 aromatic carbocycles. The Bertz CT molecular complexity index is 851. The minimum absolute atomic E-state index is 0.417. The quantitative estimate of drug-likeness (QED) is 0.755. The van der Waals surface area contributed by atoms with Crippen LogP contribution in [0.2, 0.25) is 0 Å². The predicted molar refractivity (Wildman–Crippen MR) is 111 cm³/mol. The molecule has 148 valence electrons. The Hall–Kier alpha value is -3.02. The highest BCUT2D eigenvalue weighted by Crippen LogP contribution is 2.27. The Kier molecular flexibility index (Phi) is 6.53. The summed E-state index contributed by atoms with van der Waals surface area (Å²) in [4.78, 5) is 26.5. The number of fused-ring (bicyclic) bond motifs is 1. The summed E-state index contributed by atoms with van der Waals surface area (Å²) in [5.74, 6) is -0.706. The molecule has 0 radical (unpaired) electrons. The van der Waals surface area contributed by atoms with E-state index in [-0.39, 0.29) is 0 Å². The van der Waals surface area contributed by atoms with Crippen molar-refractivity contribution >= 4 is 23.2 Å².